The lowest BCUT2D eigenvalue weighted by atomic mass is 10.1. The van der Waals surface area contributed by atoms with Crippen molar-refractivity contribution in [2.45, 2.75) is 26.7 Å². The van der Waals surface area contributed by atoms with Crippen molar-refractivity contribution in [2.75, 3.05) is 0 Å². The Hall–Kier alpha value is -1.56. The summed E-state index contributed by atoms with van der Waals surface area (Å²) in [4.78, 5) is 0. The van der Waals surface area contributed by atoms with E-state index in [1.54, 1.807) is 0 Å². The van der Waals surface area contributed by atoms with E-state index in [1.165, 1.54) is 27.8 Å². The molecule has 0 amide bonds. The Morgan fingerprint density at radius 1 is 1.25 bits per heavy atom. The third-order valence-electron chi connectivity index (χ3n) is 3.10. The highest BCUT2D eigenvalue weighted by atomic mass is 14.3. The molecule has 0 saturated carbocycles. The summed E-state index contributed by atoms with van der Waals surface area (Å²) in [5.41, 5.74) is 7.12. The lowest BCUT2D eigenvalue weighted by molar-refractivity contribution is 1.10. The molecule has 16 heavy (non-hydrogen) atoms. The molecule has 0 heterocycles. The van der Waals surface area contributed by atoms with Gasteiger partial charge in [-0.25, -0.2) is 0 Å². The molecule has 0 heteroatoms. The first-order valence-electron chi connectivity index (χ1n) is 5.89. The SMILES string of the molecule is C=CC/C(=C\C=C(\C)CC)c1c2cccc1-2. The third-order valence-corrected chi connectivity index (χ3v) is 3.10. The number of hydrogen-bond acceptors (Lipinski definition) is 0. The summed E-state index contributed by atoms with van der Waals surface area (Å²) < 4.78 is 0. The Kier molecular flexibility index (Phi) is 3.09. The molecule has 0 radical (unpaired) electrons. The fourth-order valence-corrected chi connectivity index (χ4v) is 1.92. The van der Waals surface area contributed by atoms with E-state index in [-0.39, 0.29) is 0 Å². The van der Waals surface area contributed by atoms with Gasteiger partial charge in [0.2, 0.25) is 0 Å². The molecule has 0 nitrogen and oxygen atoms in total. The maximum atomic E-state index is 3.83. The maximum absolute atomic E-state index is 3.83. The van der Waals surface area contributed by atoms with E-state index in [9.17, 15) is 0 Å². The molecule has 0 bridgehead atoms. The van der Waals surface area contributed by atoms with Crippen molar-refractivity contribution in [3.63, 3.8) is 0 Å². The normalized spacial score (nSPS) is 13.9. The van der Waals surface area contributed by atoms with Crippen LogP contribution in [0.2, 0.25) is 0 Å². The molecule has 0 fully saturated rings. The molecule has 0 saturated heterocycles. The van der Waals surface area contributed by atoms with E-state index >= 15 is 0 Å². The Bertz CT molecular complexity index is 453. The van der Waals surface area contributed by atoms with Gasteiger partial charge >= 0.3 is 0 Å². The number of allylic oxidation sites excluding steroid dienone is 5. The first kappa shape index (κ1) is 10.9. The van der Waals surface area contributed by atoms with Crippen LogP contribution >= 0.6 is 0 Å². The summed E-state index contributed by atoms with van der Waals surface area (Å²) in [5, 5.41) is 0. The Labute approximate surface area is 98.0 Å². The molecule has 0 N–H and O–H groups in total. The second kappa shape index (κ2) is 4.52. The van der Waals surface area contributed by atoms with Crippen LogP contribution in [0.15, 0.2) is 48.6 Å². The lowest BCUT2D eigenvalue weighted by Crippen LogP contribution is -1.75. The summed E-state index contributed by atoms with van der Waals surface area (Å²) in [6.07, 6.45) is 8.53. The Morgan fingerprint density at radius 3 is 2.50 bits per heavy atom. The van der Waals surface area contributed by atoms with E-state index in [4.69, 9.17) is 0 Å². The van der Waals surface area contributed by atoms with Gasteiger partial charge in [-0.15, -0.1) is 6.58 Å². The van der Waals surface area contributed by atoms with Crippen molar-refractivity contribution in [1.29, 1.82) is 0 Å². The van der Waals surface area contributed by atoms with Crippen LogP contribution in [0, 0.1) is 0 Å². The molecule has 0 unspecified atom stereocenters. The van der Waals surface area contributed by atoms with Crippen LogP contribution in [0.3, 0.4) is 0 Å². The van der Waals surface area contributed by atoms with Crippen molar-refractivity contribution < 1.29 is 0 Å². The van der Waals surface area contributed by atoms with Gasteiger partial charge in [0.05, 0.1) is 0 Å². The van der Waals surface area contributed by atoms with Gasteiger partial charge in [0.15, 0.2) is 0 Å². The standard InChI is InChI=1S/C16H18/c1-4-7-13(11-10-12(3)5-2)16-14-8-6-9-15(14)16/h4,6,8-11H,1,5,7H2,2-3H3/b12-10-,13-11+. The average Bonchev–Trinajstić information content (AvgIpc) is 2.76. The molecular formula is C16H18. The molecule has 2 aliphatic rings. The average molecular weight is 210 g/mol. The van der Waals surface area contributed by atoms with E-state index in [0.29, 0.717) is 0 Å². The second-order valence-corrected chi connectivity index (χ2v) is 4.28. The summed E-state index contributed by atoms with van der Waals surface area (Å²) in [6.45, 7) is 8.19. The topological polar surface area (TPSA) is 0 Å². The van der Waals surface area contributed by atoms with Crippen LogP contribution in [0.1, 0.15) is 32.3 Å². The van der Waals surface area contributed by atoms with Crippen LogP contribution in [0.4, 0.5) is 0 Å². The molecule has 0 atom stereocenters. The number of benzene rings is 1. The summed E-state index contributed by atoms with van der Waals surface area (Å²) in [7, 11) is 0. The van der Waals surface area contributed by atoms with Crippen LogP contribution in [0.25, 0.3) is 16.7 Å². The summed E-state index contributed by atoms with van der Waals surface area (Å²) in [6, 6.07) is 6.50. The van der Waals surface area contributed by atoms with Crippen molar-refractivity contribution in [3.05, 3.63) is 54.1 Å². The monoisotopic (exact) mass is 210 g/mol. The Morgan fingerprint density at radius 2 is 1.94 bits per heavy atom. The minimum Gasteiger partial charge on any atom is -0.103 e. The predicted octanol–water partition coefficient (Wildman–Crippen LogP) is 4.98. The van der Waals surface area contributed by atoms with Crippen LogP contribution in [-0.2, 0) is 0 Å². The van der Waals surface area contributed by atoms with E-state index in [0.717, 1.165) is 12.8 Å². The highest BCUT2D eigenvalue weighted by Gasteiger charge is 2.25. The number of rotatable bonds is 5. The number of fused-ring (bicyclic) bond motifs is 1. The second-order valence-electron chi connectivity index (χ2n) is 4.28. The molecule has 2 rings (SSSR count). The van der Waals surface area contributed by atoms with Gasteiger partial charge in [0.25, 0.3) is 0 Å². The third kappa shape index (κ3) is 2.01. The van der Waals surface area contributed by atoms with Crippen molar-refractivity contribution in [1.82, 2.24) is 0 Å². The van der Waals surface area contributed by atoms with Gasteiger partial charge in [-0.3, -0.25) is 0 Å². The zero-order chi connectivity index (χ0) is 11.5. The summed E-state index contributed by atoms with van der Waals surface area (Å²) in [5.74, 6) is 0. The zero-order valence-electron chi connectivity index (χ0n) is 10.1. The Balaban J connectivity index is 2.24. The first-order chi connectivity index (χ1) is 7.77. The summed E-state index contributed by atoms with van der Waals surface area (Å²) >= 11 is 0. The lowest BCUT2D eigenvalue weighted by Gasteiger charge is -1.97. The van der Waals surface area contributed by atoms with Crippen molar-refractivity contribution in [2.24, 2.45) is 0 Å². The molecular weight excluding hydrogens is 192 g/mol. The van der Waals surface area contributed by atoms with E-state index in [2.05, 4.69) is 50.8 Å². The van der Waals surface area contributed by atoms with Gasteiger partial charge < -0.3 is 0 Å². The molecule has 2 aliphatic carbocycles. The minimum atomic E-state index is 0.956. The quantitative estimate of drug-likeness (QED) is 0.482. The van der Waals surface area contributed by atoms with Gasteiger partial charge in [0, 0.05) is 0 Å². The van der Waals surface area contributed by atoms with Gasteiger partial charge in [0.1, 0.15) is 0 Å². The van der Waals surface area contributed by atoms with Crippen LogP contribution in [0.5, 0.6) is 0 Å². The van der Waals surface area contributed by atoms with Gasteiger partial charge in [-0.05, 0) is 42.0 Å². The van der Waals surface area contributed by atoms with Gasteiger partial charge in [-0.1, -0.05) is 48.9 Å². The molecule has 0 aromatic carbocycles. The fraction of sp³-hybridized carbons (Fsp3) is 0.250. The predicted molar refractivity (Wildman–Crippen MR) is 72.3 cm³/mol. The zero-order valence-corrected chi connectivity index (χ0v) is 10.1. The van der Waals surface area contributed by atoms with E-state index < -0.39 is 0 Å². The minimum absolute atomic E-state index is 0.956. The van der Waals surface area contributed by atoms with Crippen LogP contribution < -0.4 is 0 Å². The highest BCUT2D eigenvalue weighted by Crippen LogP contribution is 2.48. The molecule has 0 aromatic heterocycles. The van der Waals surface area contributed by atoms with Gasteiger partial charge in [-0.2, -0.15) is 0 Å². The van der Waals surface area contributed by atoms with E-state index in [1.807, 2.05) is 6.08 Å². The molecule has 82 valence electrons. The first-order valence-corrected chi connectivity index (χ1v) is 5.89. The largest absolute Gasteiger partial charge is 0.103 e. The fourth-order valence-electron chi connectivity index (χ4n) is 1.92. The molecule has 0 aromatic rings. The van der Waals surface area contributed by atoms with Crippen molar-refractivity contribution in [3.8, 4) is 11.1 Å². The molecule has 0 spiro atoms. The number of hydrogen-bond donors (Lipinski definition) is 0. The van der Waals surface area contributed by atoms with Crippen molar-refractivity contribution >= 4 is 5.57 Å². The smallest absolute Gasteiger partial charge is 0.00637 e. The molecule has 0 aliphatic heterocycles. The van der Waals surface area contributed by atoms with Crippen LogP contribution in [-0.4, -0.2) is 0 Å². The maximum Gasteiger partial charge on any atom is -0.00637 e. The highest BCUT2D eigenvalue weighted by molar-refractivity contribution is 6.03.